The van der Waals surface area contributed by atoms with Gasteiger partial charge < -0.3 is 15.0 Å². The highest BCUT2D eigenvalue weighted by atomic mass is 16.6. The number of rotatable bonds is 6. The largest absolute Gasteiger partial charge is 0.448 e. The van der Waals surface area contributed by atoms with E-state index in [1.807, 2.05) is 18.3 Å². The Hall–Kier alpha value is -2.64. The number of ether oxygens (including phenoxy) is 1. The number of pyridine rings is 1. The zero-order chi connectivity index (χ0) is 20.2. The molecule has 3 amide bonds. The summed E-state index contributed by atoms with van der Waals surface area (Å²) in [6.07, 6.45) is 8.99. The molecule has 8 heteroatoms. The Morgan fingerprint density at radius 1 is 1.24 bits per heavy atom. The normalized spacial score (nSPS) is 26.2. The van der Waals surface area contributed by atoms with Crippen LogP contribution in [0.25, 0.3) is 0 Å². The molecule has 3 saturated heterocycles. The molecule has 0 aliphatic carbocycles. The number of hydrogen-bond acceptors (Lipinski definition) is 5. The number of amides is 3. The summed E-state index contributed by atoms with van der Waals surface area (Å²) >= 11 is 0. The molecule has 3 aliphatic heterocycles. The Bertz CT molecular complexity index is 742. The summed E-state index contributed by atoms with van der Waals surface area (Å²) in [5.74, 6) is 0.0522. The molecular formula is C21H28N4O4. The zero-order valence-corrected chi connectivity index (χ0v) is 16.6. The number of aromatic nitrogens is 1. The Labute approximate surface area is 170 Å². The zero-order valence-electron chi connectivity index (χ0n) is 16.6. The number of nitrogens with one attached hydrogen (secondary N) is 1. The summed E-state index contributed by atoms with van der Waals surface area (Å²) in [5.41, 5.74) is 1.08. The molecule has 1 aromatic rings. The fourth-order valence-corrected chi connectivity index (χ4v) is 4.85. The van der Waals surface area contributed by atoms with E-state index in [-0.39, 0.29) is 36.5 Å². The van der Waals surface area contributed by atoms with Crippen LogP contribution < -0.4 is 5.32 Å². The van der Waals surface area contributed by atoms with E-state index in [1.165, 1.54) is 4.90 Å². The lowest BCUT2D eigenvalue weighted by Crippen LogP contribution is -2.59. The van der Waals surface area contributed by atoms with Crippen LogP contribution in [0.2, 0.25) is 0 Å². The standard InChI is InChI=1S/C21H28N4O4/c26-19(14-24-9-10-29-21(24)28)23-16-11-17-4-1-5-18(12-16)25(17)20(27)7-6-15-3-2-8-22-13-15/h2-3,8,13,16-18H,1,4-7,9-12,14H2,(H,23,26)/t16?,17-,18+. The summed E-state index contributed by atoms with van der Waals surface area (Å²) in [6.45, 7) is 0.843. The van der Waals surface area contributed by atoms with Gasteiger partial charge in [-0.2, -0.15) is 0 Å². The first-order valence-corrected chi connectivity index (χ1v) is 10.5. The Morgan fingerprint density at radius 3 is 2.69 bits per heavy atom. The van der Waals surface area contributed by atoms with Crippen LogP contribution in [0.1, 0.15) is 44.1 Å². The topological polar surface area (TPSA) is 91.8 Å². The van der Waals surface area contributed by atoms with Gasteiger partial charge in [0.1, 0.15) is 13.2 Å². The summed E-state index contributed by atoms with van der Waals surface area (Å²) in [7, 11) is 0. The van der Waals surface area contributed by atoms with Crippen LogP contribution in [0.15, 0.2) is 24.5 Å². The number of cyclic esters (lactones) is 1. The van der Waals surface area contributed by atoms with E-state index < -0.39 is 6.09 Å². The van der Waals surface area contributed by atoms with Gasteiger partial charge in [-0.15, -0.1) is 0 Å². The summed E-state index contributed by atoms with van der Waals surface area (Å²) < 4.78 is 4.87. The minimum absolute atomic E-state index is 0.0401. The molecule has 8 nitrogen and oxygen atoms in total. The van der Waals surface area contributed by atoms with Crippen molar-refractivity contribution in [2.45, 2.75) is 63.1 Å². The highest BCUT2D eigenvalue weighted by molar-refractivity contribution is 5.83. The molecule has 4 rings (SSSR count). The molecule has 1 unspecified atom stereocenters. The molecule has 0 saturated carbocycles. The van der Waals surface area contributed by atoms with Gasteiger partial charge in [-0.25, -0.2) is 4.79 Å². The van der Waals surface area contributed by atoms with E-state index in [1.54, 1.807) is 6.20 Å². The maximum atomic E-state index is 12.9. The molecule has 0 spiro atoms. The third kappa shape index (κ3) is 4.68. The molecule has 1 N–H and O–H groups in total. The molecule has 3 atom stereocenters. The van der Waals surface area contributed by atoms with Gasteiger partial charge in [-0.05, 0) is 50.2 Å². The minimum Gasteiger partial charge on any atom is -0.448 e. The lowest BCUT2D eigenvalue weighted by atomic mass is 9.81. The van der Waals surface area contributed by atoms with Gasteiger partial charge >= 0.3 is 6.09 Å². The number of piperidine rings is 2. The quantitative estimate of drug-likeness (QED) is 0.781. The van der Waals surface area contributed by atoms with Crippen LogP contribution in [0.4, 0.5) is 4.79 Å². The fraction of sp³-hybridized carbons (Fsp3) is 0.619. The van der Waals surface area contributed by atoms with Gasteiger partial charge in [0, 0.05) is 36.9 Å². The first-order valence-electron chi connectivity index (χ1n) is 10.5. The van der Waals surface area contributed by atoms with Crippen LogP contribution in [0.5, 0.6) is 0 Å². The van der Waals surface area contributed by atoms with E-state index in [2.05, 4.69) is 15.2 Å². The maximum Gasteiger partial charge on any atom is 0.410 e. The van der Waals surface area contributed by atoms with Crippen molar-refractivity contribution in [2.75, 3.05) is 19.7 Å². The van der Waals surface area contributed by atoms with Crippen molar-refractivity contribution >= 4 is 17.9 Å². The Morgan fingerprint density at radius 2 is 2.03 bits per heavy atom. The van der Waals surface area contributed by atoms with Gasteiger partial charge in [0.05, 0.1) is 6.54 Å². The van der Waals surface area contributed by atoms with Crippen molar-refractivity contribution in [3.63, 3.8) is 0 Å². The van der Waals surface area contributed by atoms with Gasteiger partial charge in [0.15, 0.2) is 0 Å². The van der Waals surface area contributed by atoms with Crippen molar-refractivity contribution in [3.8, 4) is 0 Å². The molecule has 0 radical (unpaired) electrons. The molecule has 1 aromatic heterocycles. The summed E-state index contributed by atoms with van der Waals surface area (Å²) in [5, 5.41) is 3.08. The fourth-order valence-electron chi connectivity index (χ4n) is 4.85. The third-order valence-corrected chi connectivity index (χ3v) is 6.16. The van der Waals surface area contributed by atoms with Gasteiger partial charge in [-0.3, -0.25) is 19.5 Å². The Kier molecular flexibility index (Phi) is 5.97. The molecule has 0 aromatic carbocycles. The molecule has 3 fully saturated rings. The second-order valence-corrected chi connectivity index (χ2v) is 8.17. The summed E-state index contributed by atoms with van der Waals surface area (Å²) in [6, 6.07) is 4.32. The van der Waals surface area contributed by atoms with Crippen molar-refractivity contribution in [2.24, 2.45) is 0 Å². The van der Waals surface area contributed by atoms with Crippen molar-refractivity contribution < 1.29 is 19.1 Å². The molecule has 4 heterocycles. The van der Waals surface area contributed by atoms with E-state index in [9.17, 15) is 14.4 Å². The van der Waals surface area contributed by atoms with E-state index >= 15 is 0 Å². The van der Waals surface area contributed by atoms with Crippen LogP contribution in [0.3, 0.4) is 0 Å². The highest BCUT2D eigenvalue weighted by Crippen LogP contribution is 2.34. The Balaban J connectivity index is 1.30. The molecule has 156 valence electrons. The van der Waals surface area contributed by atoms with Crippen molar-refractivity contribution in [1.29, 1.82) is 0 Å². The monoisotopic (exact) mass is 400 g/mol. The number of aryl methyl sites for hydroxylation is 1. The third-order valence-electron chi connectivity index (χ3n) is 6.16. The molecular weight excluding hydrogens is 372 g/mol. The number of hydrogen-bond donors (Lipinski definition) is 1. The second kappa shape index (κ2) is 8.80. The molecule has 3 aliphatic rings. The van der Waals surface area contributed by atoms with Crippen LogP contribution in [0, 0.1) is 0 Å². The van der Waals surface area contributed by atoms with Crippen LogP contribution >= 0.6 is 0 Å². The smallest absolute Gasteiger partial charge is 0.410 e. The number of fused-ring (bicyclic) bond motifs is 2. The first kappa shape index (κ1) is 19.7. The number of carbonyl (C=O) groups excluding carboxylic acids is 3. The van der Waals surface area contributed by atoms with Crippen molar-refractivity contribution in [1.82, 2.24) is 20.1 Å². The first-order chi connectivity index (χ1) is 14.1. The van der Waals surface area contributed by atoms with E-state index in [0.717, 1.165) is 37.7 Å². The van der Waals surface area contributed by atoms with E-state index in [0.29, 0.717) is 26.0 Å². The van der Waals surface area contributed by atoms with Crippen LogP contribution in [-0.2, 0) is 20.7 Å². The van der Waals surface area contributed by atoms with Gasteiger partial charge in [0.2, 0.25) is 11.8 Å². The predicted octanol–water partition coefficient (Wildman–Crippen LogP) is 1.49. The van der Waals surface area contributed by atoms with Crippen molar-refractivity contribution in [3.05, 3.63) is 30.1 Å². The average molecular weight is 400 g/mol. The lowest BCUT2D eigenvalue weighted by Gasteiger charge is -2.49. The second-order valence-electron chi connectivity index (χ2n) is 8.17. The lowest BCUT2D eigenvalue weighted by molar-refractivity contribution is -0.141. The minimum atomic E-state index is -0.425. The average Bonchev–Trinajstić information content (AvgIpc) is 3.10. The molecule has 2 bridgehead atoms. The highest BCUT2D eigenvalue weighted by Gasteiger charge is 2.41. The number of nitrogens with zero attached hydrogens (tertiary/aromatic N) is 3. The number of carbonyl (C=O) groups is 3. The molecule has 29 heavy (non-hydrogen) atoms. The van der Waals surface area contributed by atoms with Gasteiger partial charge in [-0.1, -0.05) is 6.07 Å². The predicted molar refractivity (Wildman–Crippen MR) is 105 cm³/mol. The van der Waals surface area contributed by atoms with E-state index in [4.69, 9.17) is 4.74 Å². The van der Waals surface area contributed by atoms with Gasteiger partial charge in [0.25, 0.3) is 0 Å². The maximum absolute atomic E-state index is 12.9. The SMILES string of the molecule is O=C(CN1CCOC1=O)NC1C[C@H]2CCC[C@@H](C1)N2C(=O)CCc1cccnc1. The summed E-state index contributed by atoms with van der Waals surface area (Å²) in [4.78, 5) is 44.4. The van der Waals surface area contributed by atoms with Crippen LogP contribution in [-0.4, -0.2) is 70.5 Å².